The lowest BCUT2D eigenvalue weighted by Gasteiger charge is -2.19. The molecule has 0 atom stereocenters. The summed E-state index contributed by atoms with van der Waals surface area (Å²) in [6.07, 6.45) is 1.02. The highest BCUT2D eigenvalue weighted by atomic mass is 35.5. The standard InChI is InChI=1S/C20H22ClNS2/c1-20(2,3)15-6-4-14(5-7-15)13-24-19-10-11-23-18-9-8-16(21)12-17(18)22-19/h4-9,12H,10-11,13H2,1-3H3. The number of rotatable bonds is 2. The molecule has 0 saturated heterocycles. The average Bonchev–Trinajstić information content (AvgIpc) is 2.74. The first-order chi connectivity index (χ1) is 11.4. The van der Waals surface area contributed by atoms with E-state index in [0.29, 0.717) is 0 Å². The monoisotopic (exact) mass is 375 g/mol. The number of nitrogens with zero attached hydrogens (tertiary/aromatic N) is 1. The van der Waals surface area contributed by atoms with Crippen molar-refractivity contribution < 1.29 is 0 Å². The van der Waals surface area contributed by atoms with Gasteiger partial charge in [-0.1, -0.05) is 56.6 Å². The number of aliphatic imine (C=N–C) groups is 1. The van der Waals surface area contributed by atoms with Crippen molar-refractivity contribution >= 4 is 45.9 Å². The van der Waals surface area contributed by atoms with Crippen LogP contribution in [-0.4, -0.2) is 10.8 Å². The third-order valence-corrected chi connectivity index (χ3v) is 6.37. The van der Waals surface area contributed by atoms with Crippen molar-refractivity contribution in [3.63, 3.8) is 0 Å². The maximum absolute atomic E-state index is 6.12. The first kappa shape index (κ1) is 17.9. The van der Waals surface area contributed by atoms with E-state index in [-0.39, 0.29) is 5.41 Å². The summed E-state index contributed by atoms with van der Waals surface area (Å²) >= 11 is 9.82. The van der Waals surface area contributed by atoms with Gasteiger partial charge in [0.2, 0.25) is 0 Å². The molecule has 0 bridgehead atoms. The topological polar surface area (TPSA) is 12.4 Å². The second kappa shape index (κ2) is 7.55. The second-order valence-electron chi connectivity index (χ2n) is 6.95. The van der Waals surface area contributed by atoms with Gasteiger partial charge < -0.3 is 0 Å². The molecule has 2 aromatic rings. The van der Waals surface area contributed by atoms with E-state index in [2.05, 4.69) is 51.1 Å². The maximum Gasteiger partial charge on any atom is 0.0789 e. The first-order valence-electron chi connectivity index (χ1n) is 8.14. The second-order valence-corrected chi connectivity index (χ2v) is 9.57. The molecule has 24 heavy (non-hydrogen) atoms. The number of halogens is 1. The lowest BCUT2D eigenvalue weighted by molar-refractivity contribution is 0.590. The Kier molecular flexibility index (Phi) is 5.63. The highest BCUT2D eigenvalue weighted by Crippen LogP contribution is 2.37. The smallest absolute Gasteiger partial charge is 0.0789 e. The van der Waals surface area contributed by atoms with Crippen LogP contribution in [0.15, 0.2) is 52.4 Å². The Balaban J connectivity index is 1.70. The summed E-state index contributed by atoms with van der Waals surface area (Å²) in [5.41, 5.74) is 3.94. The van der Waals surface area contributed by atoms with Crippen molar-refractivity contribution in [2.45, 2.75) is 43.3 Å². The molecule has 0 aromatic heterocycles. The number of fused-ring (bicyclic) bond motifs is 1. The summed E-state index contributed by atoms with van der Waals surface area (Å²) in [5.74, 6) is 2.03. The van der Waals surface area contributed by atoms with E-state index in [1.165, 1.54) is 21.1 Å². The Labute approximate surface area is 158 Å². The number of thioether (sulfide) groups is 2. The van der Waals surface area contributed by atoms with Gasteiger partial charge in [-0.2, -0.15) is 0 Å². The van der Waals surface area contributed by atoms with E-state index in [1.807, 2.05) is 35.7 Å². The fraction of sp³-hybridized carbons (Fsp3) is 0.350. The van der Waals surface area contributed by atoms with Crippen LogP contribution >= 0.6 is 35.1 Å². The van der Waals surface area contributed by atoms with E-state index in [4.69, 9.17) is 16.6 Å². The van der Waals surface area contributed by atoms with Gasteiger partial charge in [-0.25, -0.2) is 4.99 Å². The van der Waals surface area contributed by atoms with Gasteiger partial charge in [0.25, 0.3) is 0 Å². The number of hydrogen-bond donors (Lipinski definition) is 0. The predicted octanol–water partition coefficient (Wildman–Crippen LogP) is 7.10. The van der Waals surface area contributed by atoms with Gasteiger partial charge in [0.05, 0.1) is 10.7 Å². The van der Waals surface area contributed by atoms with Crippen LogP contribution in [0.3, 0.4) is 0 Å². The molecule has 0 amide bonds. The molecule has 0 radical (unpaired) electrons. The molecular weight excluding hydrogens is 354 g/mol. The fourth-order valence-electron chi connectivity index (χ4n) is 2.51. The third-order valence-electron chi connectivity index (χ3n) is 3.97. The van der Waals surface area contributed by atoms with Gasteiger partial charge in [0, 0.05) is 27.8 Å². The zero-order valence-corrected chi connectivity index (χ0v) is 16.7. The van der Waals surface area contributed by atoms with Gasteiger partial charge in [-0.15, -0.1) is 23.5 Å². The van der Waals surface area contributed by atoms with Crippen molar-refractivity contribution in [3.05, 3.63) is 58.6 Å². The van der Waals surface area contributed by atoms with Gasteiger partial charge in [0.1, 0.15) is 0 Å². The molecule has 126 valence electrons. The van der Waals surface area contributed by atoms with Crippen LogP contribution in [0.2, 0.25) is 5.02 Å². The molecule has 0 N–H and O–H groups in total. The SMILES string of the molecule is CC(C)(C)c1ccc(CSC2=Nc3cc(Cl)ccc3SCC2)cc1. The Hall–Kier alpha value is -0.900. The van der Waals surface area contributed by atoms with E-state index in [0.717, 1.165) is 28.6 Å². The highest BCUT2D eigenvalue weighted by Gasteiger charge is 2.14. The summed E-state index contributed by atoms with van der Waals surface area (Å²) in [7, 11) is 0. The number of benzene rings is 2. The molecule has 3 rings (SSSR count). The van der Waals surface area contributed by atoms with Crippen LogP contribution in [0.4, 0.5) is 5.69 Å². The third kappa shape index (κ3) is 4.59. The summed E-state index contributed by atoms with van der Waals surface area (Å²) in [4.78, 5) is 6.07. The Morgan fingerprint density at radius 1 is 1.12 bits per heavy atom. The molecule has 1 aliphatic heterocycles. The quantitative estimate of drug-likeness (QED) is 0.555. The first-order valence-corrected chi connectivity index (χ1v) is 10.5. The molecular formula is C20H22ClNS2. The molecule has 1 heterocycles. The summed E-state index contributed by atoms with van der Waals surface area (Å²) in [6, 6.07) is 15.0. The highest BCUT2D eigenvalue weighted by molar-refractivity contribution is 8.13. The predicted molar refractivity (Wildman–Crippen MR) is 110 cm³/mol. The lowest BCUT2D eigenvalue weighted by Crippen LogP contribution is -2.10. The zero-order chi connectivity index (χ0) is 17.2. The van der Waals surface area contributed by atoms with E-state index in [9.17, 15) is 0 Å². The van der Waals surface area contributed by atoms with Crippen LogP contribution < -0.4 is 0 Å². The molecule has 0 spiro atoms. The molecule has 0 saturated carbocycles. The van der Waals surface area contributed by atoms with E-state index in [1.54, 1.807) is 0 Å². The molecule has 1 aliphatic rings. The van der Waals surface area contributed by atoms with E-state index >= 15 is 0 Å². The minimum absolute atomic E-state index is 0.206. The van der Waals surface area contributed by atoms with Gasteiger partial charge >= 0.3 is 0 Å². The van der Waals surface area contributed by atoms with Gasteiger partial charge in [0.15, 0.2) is 0 Å². The molecule has 1 nitrogen and oxygen atoms in total. The molecule has 0 fully saturated rings. The summed E-state index contributed by atoms with van der Waals surface area (Å²) in [6.45, 7) is 6.74. The normalized spacial score (nSPS) is 14.8. The summed E-state index contributed by atoms with van der Waals surface area (Å²) in [5, 5.41) is 1.95. The molecule has 0 aliphatic carbocycles. The Morgan fingerprint density at radius 2 is 1.88 bits per heavy atom. The van der Waals surface area contributed by atoms with Crippen molar-refractivity contribution in [1.29, 1.82) is 0 Å². The largest absolute Gasteiger partial charge is 0.245 e. The molecule has 4 heteroatoms. The van der Waals surface area contributed by atoms with Crippen LogP contribution in [-0.2, 0) is 11.2 Å². The van der Waals surface area contributed by atoms with Crippen LogP contribution in [0.25, 0.3) is 0 Å². The van der Waals surface area contributed by atoms with Gasteiger partial charge in [-0.05, 0) is 34.7 Å². The van der Waals surface area contributed by atoms with Crippen LogP contribution in [0, 0.1) is 0 Å². The zero-order valence-electron chi connectivity index (χ0n) is 14.3. The van der Waals surface area contributed by atoms with Gasteiger partial charge in [-0.3, -0.25) is 0 Å². The minimum atomic E-state index is 0.206. The van der Waals surface area contributed by atoms with Crippen LogP contribution in [0.1, 0.15) is 38.3 Å². The average molecular weight is 376 g/mol. The molecule has 2 aromatic carbocycles. The molecule has 0 unspecified atom stereocenters. The van der Waals surface area contributed by atoms with Crippen molar-refractivity contribution in [1.82, 2.24) is 0 Å². The fourth-order valence-corrected chi connectivity index (χ4v) is 4.67. The lowest BCUT2D eigenvalue weighted by atomic mass is 9.87. The van der Waals surface area contributed by atoms with Crippen molar-refractivity contribution in [2.75, 3.05) is 5.75 Å². The summed E-state index contributed by atoms with van der Waals surface area (Å²) < 4.78 is 0. The van der Waals surface area contributed by atoms with Crippen molar-refractivity contribution in [3.8, 4) is 0 Å². The number of hydrogen-bond acceptors (Lipinski definition) is 3. The van der Waals surface area contributed by atoms with Crippen LogP contribution in [0.5, 0.6) is 0 Å². The Bertz CT molecular complexity index is 745. The van der Waals surface area contributed by atoms with Crippen molar-refractivity contribution in [2.24, 2.45) is 4.99 Å². The Morgan fingerprint density at radius 3 is 2.58 bits per heavy atom. The van der Waals surface area contributed by atoms with E-state index < -0.39 is 0 Å². The maximum atomic E-state index is 6.12. The minimum Gasteiger partial charge on any atom is -0.245 e.